The Hall–Kier alpha value is -2.81. The number of allylic oxidation sites excluding steroid dienone is 2. The van der Waals surface area contributed by atoms with Crippen molar-refractivity contribution in [1.82, 2.24) is 9.78 Å². The van der Waals surface area contributed by atoms with E-state index in [-0.39, 0.29) is 5.92 Å². The van der Waals surface area contributed by atoms with E-state index in [1.807, 2.05) is 12.1 Å². The molecule has 1 aliphatic carbocycles. The molecular weight excluding hydrogens is 344 g/mol. The first-order chi connectivity index (χ1) is 13.7. The monoisotopic (exact) mass is 372 g/mol. The van der Waals surface area contributed by atoms with Crippen molar-refractivity contribution < 1.29 is 4.74 Å². The number of aryl methyl sites for hydroxylation is 1. The van der Waals surface area contributed by atoms with Crippen LogP contribution in [-0.4, -0.2) is 16.9 Å². The van der Waals surface area contributed by atoms with E-state index < -0.39 is 0 Å². The molecule has 1 heterocycles. The molecule has 3 aromatic rings. The maximum Gasteiger partial charge on any atom is 0.118 e. The number of benzene rings is 2. The van der Waals surface area contributed by atoms with Crippen molar-refractivity contribution >= 4 is 5.57 Å². The van der Waals surface area contributed by atoms with E-state index >= 15 is 0 Å². The number of para-hydroxylation sites is 1. The van der Waals surface area contributed by atoms with Crippen LogP contribution < -0.4 is 4.74 Å². The van der Waals surface area contributed by atoms with Gasteiger partial charge in [-0.25, -0.2) is 4.68 Å². The number of ether oxygens (including phenoxy) is 1. The van der Waals surface area contributed by atoms with E-state index in [0.29, 0.717) is 0 Å². The lowest BCUT2D eigenvalue weighted by Gasteiger charge is -2.20. The van der Waals surface area contributed by atoms with Crippen LogP contribution in [-0.2, 0) is 0 Å². The van der Waals surface area contributed by atoms with Crippen LogP contribution in [0.1, 0.15) is 61.0 Å². The van der Waals surface area contributed by atoms with Crippen LogP contribution in [0.25, 0.3) is 11.3 Å². The fourth-order valence-corrected chi connectivity index (χ4v) is 4.10. The molecule has 144 valence electrons. The van der Waals surface area contributed by atoms with E-state index in [4.69, 9.17) is 9.84 Å². The summed E-state index contributed by atoms with van der Waals surface area (Å²) >= 11 is 0. The average Bonchev–Trinajstić information content (AvgIpc) is 3.15. The van der Waals surface area contributed by atoms with Crippen molar-refractivity contribution in [3.63, 3.8) is 0 Å². The fourth-order valence-electron chi connectivity index (χ4n) is 4.10. The van der Waals surface area contributed by atoms with Gasteiger partial charge in [-0.1, -0.05) is 43.3 Å². The lowest BCUT2D eigenvalue weighted by molar-refractivity contribution is 0.414. The zero-order valence-corrected chi connectivity index (χ0v) is 17.0. The first kappa shape index (κ1) is 18.5. The van der Waals surface area contributed by atoms with Gasteiger partial charge in [0.05, 0.1) is 24.2 Å². The van der Waals surface area contributed by atoms with Crippen molar-refractivity contribution in [2.75, 3.05) is 7.11 Å². The molecule has 0 fully saturated rings. The quantitative estimate of drug-likeness (QED) is 0.525. The van der Waals surface area contributed by atoms with Gasteiger partial charge in [0.1, 0.15) is 5.75 Å². The Kier molecular flexibility index (Phi) is 5.34. The minimum atomic E-state index is 0.264. The molecule has 0 saturated carbocycles. The number of aromatic nitrogens is 2. The van der Waals surface area contributed by atoms with Gasteiger partial charge >= 0.3 is 0 Å². The van der Waals surface area contributed by atoms with Crippen LogP contribution in [0.2, 0.25) is 0 Å². The van der Waals surface area contributed by atoms with E-state index in [0.717, 1.165) is 17.9 Å². The Balaban J connectivity index is 1.77. The Morgan fingerprint density at radius 1 is 1.04 bits per heavy atom. The molecule has 0 saturated heterocycles. The summed E-state index contributed by atoms with van der Waals surface area (Å²) < 4.78 is 7.47. The average molecular weight is 373 g/mol. The maximum absolute atomic E-state index is 5.31. The first-order valence-electron chi connectivity index (χ1n) is 10.2. The van der Waals surface area contributed by atoms with Gasteiger partial charge in [-0.05, 0) is 73.6 Å². The van der Waals surface area contributed by atoms with Gasteiger partial charge in [0.2, 0.25) is 0 Å². The van der Waals surface area contributed by atoms with Gasteiger partial charge < -0.3 is 4.74 Å². The molecule has 0 amide bonds. The van der Waals surface area contributed by atoms with Crippen LogP contribution in [0.15, 0.2) is 60.7 Å². The summed E-state index contributed by atoms with van der Waals surface area (Å²) in [6.07, 6.45) is 7.26. The smallest absolute Gasteiger partial charge is 0.118 e. The minimum Gasteiger partial charge on any atom is -0.497 e. The van der Waals surface area contributed by atoms with Crippen molar-refractivity contribution in [2.45, 2.75) is 45.4 Å². The van der Waals surface area contributed by atoms with Gasteiger partial charge in [-0.3, -0.25) is 0 Å². The Morgan fingerprint density at radius 2 is 1.82 bits per heavy atom. The van der Waals surface area contributed by atoms with E-state index in [1.54, 1.807) is 7.11 Å². The topological polar surface area (TPSA) is 27.1 Å². The fraction of sp³-hybridized carbons (Fsp3) is 0.320. The van der Waals surface area contributed by atoms with Gasteiger partial charge in [0.15, 0.2) is 0 Å². The summed E-state index contributed by atoms with van der Waals surface area (Å²) in [5.41, 5.74) is 7.46. The van der Waals surface area contributed by atoms with Crippen molar-refractivity contribution in [3.8, 4) is 11.4 Å². The number of hydrogen-bond donors (Lipinski definition) is 0. The maximum atomic E-state index is 5.31. The lowest BCUT2D eigenvalue weighted by Crippen LogP contribution is -2.09. The third-order valence-corrected chi connectivity index (χ3v) is 5.70. The molecule has 0 N–H and O–H groups in total. The lowest BCUT2D eigenvalue weighted by atomic mass is 9.91. The summed E-state index contributed by atoms with van der Waals surface area (Å²) in [6, 6.07) is 19.2. The molecule has 1 aliphatic rings. The second-order valence-corrected chi connectivity index (χ2v) is 7.61. The number of nitrogens with zero attached hydrogens (tertiary/aromatic N) is 2. The molecule has 0 radical (unpaired) electrons. The summed E-state index contributed by atoms with van der Waals surface area (Å²) in [5, 5.41) is 4.88. The minimum absolute atomic E-state index is 0.264. The zero-order chi connectivity index (χ0) is 19.5. The molecule has 3 heteroatoms. The second kappa shape index (κ2) is 8.05. The van der Waals surface area contributed by atoms with E-state index in [1.165, 1.54) is 47.3 Å². The van der Waals surface area contributed by atoms with Crippen molar-refractivity contribution in [2.24, 2.45) is 0 Å². The highest BCUT2D eigenvalue weighted by molar-refractivity contribution is 5.66. The molecule has 0 spiro atoms. The van der Waals surface area contributed by atoms with Crippen molar-refractivity contribution in [1.29, 1.82) is 0 Å². The van der Waals surface area contributed by atoms with Crippen LogP contribution in [0.3, 0.4) is 0 Å². The first-order valence-corrected chi connectivity index (χ1v) is 10.2. The number of methoxy groups -OCH3 is 1. The molecule has 1 aromatic heterocycles. The normalized spacial score (nSPS) is 15.2. The molecule has 4 rings (SSSR count). The molecule has 0 aliphatic heterocycles. The van der Waals surface area contributed by atoms with Gasteiger partial charge in [0.25, 0.3) is 0 Å². The summed E-state index contributed by atoms with van der Waals surface area (Å²) in [5.74, 6) is 1.15. The van der Waals surface area contributed by atoms with Crippen LogP contribution >= 0.6 is 0 Å². The molecule has 0 unspecified atom stereocenters. The molecule has 0 bridgehead atoms. The standard InChI is InChI=1S/C25H28N2O/c1-18-17-25(21-9-5-4-6-10-21)27(26-18)24-12-8-7-11-23(24)19(2)20-13-15-22(28-3)16-14-20/h7-9,11-17,19H,4-6,10H2,1-3H3/t19-/m0/s1. The predicted octanol–water partition coefficient (Wildman–Crippen LogP) is 6.30. The Labute approximate surface area is 167 Å². The SMILES string of the molecule is COc1ccc([C@H](C)c2ccccc2-n2nc(C)cc2C2=CCCCC2)cc1. The molecule has 1 atom stereocenters. The molecule has 2 aromatic carbocycles. The Morgan fingerprint density at radius 3 is 2.54 bits per heavy atom. The summed E-state index contributed by atoms with van der Waals surface area (Å²) in [4.78, 5) is 0. The second-order valence-electron chi connectivity index (χ2n) is 7.61. The van der Waals surface area contributed by atoms with Crippen LogP contribution in [0.4, 0.5) is 0 Å². The van der Waals surface area contributed by atoms with Gasteiger partial charge in [-0.2, -0.15) is 5.10 Å². The highest BCUT2D eigenvalue weighted by Crippen LogP contribution is 2.33. The van der Waals surface area contributed by atoms with Gasteiger partial charge in [-0.15, -0.1) is 0 Å². The third-order valence-electron chi connectivity index (χ3n) is 5.70. The molecule has 28 heavy (non-hydrogen) atoms. The van der Waals surface area contributed by atoms with Crippen LogP contribution in [0, 0.1) is 6.92 Å². The number of rotatable bonds is 5. The highest BCUT2D eigenvalue weighted by atomic mass is 16.5. The summed E-state index contributed by atoms with van der Waals surface area (Å²) in [6.45, 7) is 4.34. The van der Waals surface area contributed by atoms with E-state index in [9.17, 15) is 0 Å². The largest absolute Gasteiger partial charge is 0.497 e. The van der Waals surface area contributed by atoms with Crippen LogP contribution in [0.5, 0.6) is 5.75 Å². The Bertz CT molecular complexity index is 982. The molecular formula is C25H28N2O. The van der Waals surface area contributed by atoms with Crippen molar-refractivity contribution in [3.05, 3.63) is 83.2 Å². The van der Waals surface area contributed by atoms with Gasteiger partial charge in [0, 0.05) is 5.92 Å². The zero-order valence-electron chi connectivity index (χ0n) is 17.0. The van der Waals surface area contributed by atoms with E-state index in [2.05, 4.69) is 67.1 Å². The number of hydrogen-bond acceptors (Lipinski definition) is 2. The third kappa shape index (κ3) is 3.62. The predicted molar refractivity (Wildman–Crippen MR) is 115 cm³/mol. The molecule has 3 nitrogen and oxygen atoms in total. The highest BCUT2D eigenvalue weighted by Gasteiger charge is 2.19. The summed E-state index contributed by atoms with van der Waals surface area (Å²) in [7, 11) is 1.70.